The van der Waals surface area contributed by atoms with Gasteiger partial charge in [-0.15, -0.1) is 0 Å². The molecule has 1 aromatic rings. The van der Waals surface area contributed by atoms with Crippen molar-refractivity contribution in [1.82, 2.24) is 5.16 Å². The molecule has 1 heterocycles. The van der Waals surface area contributed by atoms with E-state index in [0.29, 0.717) is 11.5 Å². The van der Waals surface area contributed by atoms with Crippen LogP contribution in [0.3, 0.4) is 0 Å². The predicted octanol–water partition coefficient (Wildman–Crippen LogP) is 0.865. The van der Waals surface area contributed by atoms with Gasteiger partial charge in [0.05, 0.1) is 7.11 Å². The van der Waals surface area contributed by atoms with Crippen LogP contribution in [0.2, 0.25) is 0 Å². The topological polar surface area (TPSA) is 35.3 Å². The van der Waals surface area contributed by atoms with Crippen molar-refractivity contribution in [3.8, 4) is 5.75 Å². The first-order chi connectivity index (χ1) is 3.84. The van der Waals surface area contributed by atoms with E-state index in [9.17, 15) is 0 Å². The fraction of sp³-hybridized carbons (Fsp3) is 0.200. The smallest absolute Gasteiger partial charge is 0.181 e. The van der Waals surface area contributed by atoms with Crippen LogP contribution in [0.25, 0.3) is 0 Å². The number of hydrogen-bond acceptors (Lipinski definition) is 3. The van der Waals surface area contributed by atoms with Crippen molar-refractivity contribution in [3.63, 3.8) is 0 Å². The monoisotopic (exact) mass is 112 g/mol. The van der Waals surface area contributed by atoms with Crippen molar-refractivity contribution < 1.29 is 9.26 Å². The van der Waals surface area contributed by atoms with Crippen LogP contribution in [0, 0.1) is 6.92 Å². The van der Waals surface area contributed by atoms with Gasteiger partial charge in [0.25, 0.3) is 0 Å². The van der Waals surface area contributed by atoms with Gasteiger partial charge in [0.1, 0.15) is 6.20 Å². The van der Waals surface area contributed by atoms with E-state index in [1.165, 1.54) is 6.20 Å². The second-order valence-corrected chi connectivity index (χ2v) is 1.32. The standard InChI is InChI=1S/C5H6NO2/c1-4-5(7-2)3-6-8-4/h3H,1H2,2H3. The molecule has 3 nitrogen and oxygen atoms in total. The van der Waals surface area contributed by atoms with E-state index in [4.69, 9.17) is 4.74 Å². The number of nitrogens with zero attached hydrogens (tertiary/aromatic N) is 1. The van der Waals surface area contributed by atoms with Gasteiger partial charge in [0.2, 0.25) is 0 Å². The van der Waals surface area contributed by atoms with Crippen LogP contribution in [0.4, 0.5) is 0 Å². The predicted molar refractivity (Wildman–Crippen MR) is 27.5 cm³/mol. The Labute approximate surface area is 47.2 Å². The lowest BCUT2D eigenvalue weighted by Crippen LogP contribution is -1.79. The van der Waals surface area contributed by atoms with Crippen LogP contribution in [0.5, 0.6) is 5.75 Å². The van der Waals surface area contributed by atoms with E-state index in [1.807, 2.05) is 0 Å². The summed E-state index contributed by atoms with van der Waals surface area (Å²) in [5.74, 6) is 1.05. The average molecular weight is 112 g/mol. The zero-order valence-electron chi connectivity index (χ0n) is 4.55. The lowest BCUT2D eigenvalue weighted by molar-refractivity contribution is 0.380. The highest BCUT2D eigenvalue weighted by molar-refractivity contribution is 5.22. The van der Waals surface area contributed by atoms with Gasteiger partial charge in [-0.25, -0.2) is 0 Å². The van der Waals surface area contributed by atoms with Crippen LogP contribution in [0.15, 0.2) is 10.7 Å². The Bertz CT molecular complexity index is 171. The highest BCUT2D eigenvalue weighted by Gasteiger charge is 1.98. The summed E-state index contributed by atoms with van der Waals surface area (Å²) in [4.78, 5) is 0. The maximum absolute atomic E-state index is 4.77. The number of rotatable bonds is 1. The van der Waals surface area contributed by atoms with Gasteiger partial charge in [-0.2, -0.15) is 0 Å². The molecule has 0 atom stereocenters. The van der Waals surface area contributed by atoms with Gasteiger partial charge in [-0.1, -0.05) is 5.16 Å². The second kappa shape index (κ2) is 1.86. The zero-order chi connectivity index (χ0) is 5.98. The molecule has 1 radical (unpaired) electrons. The first-order valence-corrected chi connectivity index (χ1v) is 2.15. The summed E-state index contributed by atoms with van der Waals surface area (Å²) in [6.45, 7) is 3.50. The third kappa shape index (κ3) is 0.665. The van der Waals surface area contributed by atoms with Crippen molar-refractivity contribution in [1.29, 1.82) is 0 Å². The van der Waals surface area contributed by atoms with Crippen LogP contribution >= 0.6 is 0 Å². The van der Waals surface area contributed by atoms with Crippen molar-refractivity contribution >= 4 is 0 Å². The summed E-state index contributed by atoms with van der Waals surface area (Å²) in [5, 5.41) is 3.43. The van der Waals surface area contributed by atoms with Crippen molar-refractivity contribution in [2.24, 2.45) is 0 Å². The van der Waals surface area contributed by atoms with Crippen LogP contribution in [-0.2, 0) is 0 Å². The molecule has 1 rings (SSSR count). The molecule has 8 heavy (non-hydrogen) atoms. The zero-order valence-corrected chi connectivity index (χ0v) is 4.55. The second-order valence-electron chi connectivity index (χ2n) is 1.32. The lowest BCUT2D eigenvalue weighted by atomic mass is 10.5. The number of methoxy groups -OCH3 is 1. The highest BCUT2D eigenvalue weighted by Crippen LogP contribution is 2.13. The molecular weight excluding hydrogens is 106 g/mol. The van der Waals surface area contributed by atoms with E-state index in [0.717, 1.165) is 0 Å². The minimum Gasteiger partial charge on any atom is -0.491 e. The molecule has 0 saturated carbocycles. The molecule has 0 N–H and O–H groups in total. The summed E-state index contributed by atoms with van der Waals surface area (Å²) >= 11 is 0. The Morgan fingerprint density at radius 2 is 2.62 bits per heavy atom. The molecule has 1 aromatic heterocycles. The number of hydrogen-bond donors (Lipinski definition) is 0. The highest BCUT2D eigenvalue weighted by atomic mass is 16.5. The van der Waals surface area contributed by atoms with E-state index >= 15 is 0 Å². The Morgan fingerprint density at radius 1 is 1.88 bits per heavy atom. The maximum Gasteiger partial charge on any atom is 0.181 e. The summed E-state index contributed by atoms with van der Waals surface area (Å²) in [5.41, 5.74) is 0. The van der Waals surface area contributed by atoms with Crippen LogP contribution in [0.1, 0.15) is 5.76 Å². The molecule has 0 spiro atoms. The fourth-order valence-electron chi connectivity index (χ4n) is 0.421. The Hall–Kier alpha value is -0.990. The van der Waals surface area contributed by atoms with Crippen LogP contribution < -0.4 is 4.74 Å². The van der Waals surface area contributed by atoms with Crippen molar-refractivity contribution in [2.75, 3.05) is 7.11 Å². The van der Waals surface area contributed by atoms with Gasteiger partial charge in [-0.3, -0.25) is 0 Å². The summed E-state index contributed by atoms with van der Waals surface area (Å²) in [6, 6.07) is 0. The molecule has 0 saturated heterocycles. The van der Waals surface area contributed by atoms with E-state index < -0.39 is 0 Å². The Balaban J connectivity index is 2.92. The third-order valence-corrected chi connectivity index (χ3v) is 0.828. The van der Waals surface area contributed by atoms with Gasteiger partial charge in [0.15, 0.2) is 11.5 Å². The normalized spacial score (nSPS) is 9.25. The minimum atomic E-state index is 0.465. The first-order valence-electron chi connectivity index (χ1n) is 2.15. The summed E-state index contributed by atoms with van der Waals surface area (Å²) < 4.78 is 9.34. The number of ether oxygens (including phenoxy) is 1. The van der Waals surface area contributed by atoms with Crippen molar-refractivity contribution in [3.05, 3.63) is 18.9 Å². The SMILES string of the molecule is [CH2]c1oncc1OC. The fourth-order valence-corrected chi connectivity index (χ4v) is 0.421. The molecule has 0 aliphatic rings. The lowest BCUT2D eigenvalue weighted by Gasteiger charge is -1.89. The van der Waals surface area contributed by atoms with Crippen LogP contribution in [-0.4, -0.2) is 12.3 Å². The summed E-state index contributed by atoms with van der Waals surface area (Å²) in [7, 11) is 1.54. The van der Waals surface area contributed by atoms with E-state index in [-0.39, 0.29) is 0 Å². The quantitative estimate of drug-likeness (QED) is 0.540. The Kier molecular flexibility index (Phi) is 1.20. The van der Waals surface area contributed by atoms with Gasteiger partial charge >= 0.3 is 0 Å². The molecule has 0 aliphatic carbocycles. The molecule has 0 unspecified atom stereocenters. The first kappa shape index (κ1) is 5.15. The molecular formula is C5H6NO2. The minimum absolute atomic E-state index is 0.465. The molecule has 0 amide bonds. The van der Waals surface area contributed by atoms with Gasteiger partial charge < -0.3 is 9.26 Å². The van der Waals surface area contributed by atoms with E-state index in [1.54, 1.807) is 7.11 Å². The largest absolute Gasteiger partial charge is 0.491 e. The molecule has 43 valence electrons. The third-order valence-electron chi connectivity index (χ3n) is 0.828. The Morgan fingerprint density at radius 3 is 2.88 bits per heavy atom. The maximum atomic E-state index is 4.77. The molecule has 0 aromatic carbocycles. The van der Waals surface area contributed by atoms with Gasteiger partial charge in [-0.05, 0) is 0 Å². The molecule has 0 aliphatic heterocycles. The molecule has 0 fully saturated rings. The number of aromatic nitrogens is 1. The molecule has 0 bridgehead atoms. The molecule has 3 heteroatoms. The van der Waals surface area contributed by atoms with E-state index in [2.05, 4.69) is 16.6 Å². The summed E-state index contributed by atoms with van der Waals surface area (Å²) in [6.07, 6.45) is 1.47. The van der Waals surface area contributed by atoms with Crippen molar-refractivity contribution in [2.45, 2.75) is 0 Å². The average Bonchev–Trinajstić information content (AvgIpc) is 2.14. The van der Waals surface area contributed by atoms with Gasteiger partial charge in [0, 0.05) is 6.92 Å².